The number of carbonyl (C=O) groups excluding carboxylic acids is 2. The lowest BCUT2D eigenvalue weighted by Gasteiger charge is -2.32. The summed E-state index contributed by atoms with van der Waals surface area (Å²) in [5, 5.41) is 3.06. The van der Waals surface area contributed by atoms with Crippen LogP contribution in [0, 0.1) is 12.8 Å². The molecule has 1 N–H and O–H groups in total. The highest BCUT2D eigenvalue weighted by Gasteiger charge is 2.30. The number of carbonyl (C=O) groups is 2. The fourth-order valence-electron chi connectivity index (χ4n) is 4.14. The number of ether oxygens (including phenoxy) is 2. The van der Waals surface area contributed by atoms with Crippen LogP contribution in [0.5, 0.6) is 11.5 Å². The van der Waals surface area contributed by atoms with Crippen molar-refractivity contribution in [2.24, 2.45) is 5.92 Å². The third-order valence-corrected chi connectivity index (χ3v) is 6.27. The lowest BCUT2D eigenvalue weighted by atomic mass is 10.0. The largest absolute Gasteiger partial charge is 0.497 e. The second-order valence-corrected chi connectivity index (χ2v) is 9.98. The monoisotopic (exact) mass is 516 g/mol. The first-order valence-corrected chi connectivity index (χ1v) is 13.3. The molecule has 3 rings (SSSR count). The molecule has 202 valence electrons. The van der Waals surface area contributed by atoms with Crippen LogP contribution >= 0.6 is 0 Å². The van der Waals surface area contributed by atoms with Gasteiger partial charge in [0, 0.05) is 25.9 Å². The molecule has 6 heteroatoms. The summed E-state index contributed by atoms with van der Waals surface area (Å²) in [4.78, 5) is 28.9. The SMILES string of the molecule is COc1cccc(CN(C(=O)CCCOc2ccc(C)cc2)[C@@H](Cc2ccccc2)C(=O)NCC(C)C)c1. The van der Waals surface area contributed by atoms with Crippen LogP contribution in [-0.4, -0.2) is 43.0 Å². The van der Waals surface area contributed by atoms with Crippen LogP contribution < -0.4 is 14.8 Å². The predicted octanol–water partition coefficient (Wildman–Crippen LogP) is 5.57. The second-order valence-electron chi connectivity index (χ2n) is 9.98. The van der Waals surface area contributed by atoms with Crippen molar-refractivity contribution in [3.63, 3.8) is 0 Å². The Morgan fingerprint density at radius 1 is 0.895 bits per heavy atom. The zero-order valence-electron chi connectivity index (χ0n) is 23.0. The normalized spacial score (nSPS) is 11.6. The maximum atomic E-state index is 13.7. The molecule has 0 fully saturated rings. The van der Waals surface area contributed by atoms with Gasteiger partial charge in [0.25, 0.3) is 0 Å². The topological polar surface area (TPSA) is 67.9 Å². The molecule has 0 radical (unpaired) electrons. The van der Waals surface area contributed by atoms with Crippen LogP contribution in [0.4, 0.5) is 0 Å². The Labute approximate surface area is 227 Å². The summed E-state index contributed by atoms with van der Waals surface area (Å²) < 4.78 is 11.2. The molecular formula is C32H40N2O4. The quantitative estimate of drug-likeness (QED) is 0.284. The van der Waals surface area contributed by atoms with E-state index in [0.29, 0.717) is 44.2 Å². The van der Waals surface area contributed by atoms with E-state index in [4.69, 9.17) is 9.47 Å². The number of aryl methyl sites for hydroxylation is 1. The number of hydrogen-bond acceptors (Lipinski definition) is 4. The van der Waals surface area contributed by atoms with E-state index in [2.05, 4.69) is 19.2 Å². The molecule has 0 aliphatic carbocycles. The summed E-state index contributed by atoms with van der Waals surface area (Å²) in [6.07, 6.45) is 1.26. The summed E-state index contributed by atoms with van der Waals surface area (Å²) in [6, 6.07) is 24.7. The Morgan fingerprint density at radius 2 is 1.61 bits per heavy atom. The number of hydrogen-bond donors (Lipinski definition) is 1. The summed E-state index contributed by atoms with van der Waals surface area (Å²) in [5.74, 6) is 1.57. The minimum Gasteiger partial charge on any atom is -0.497 e. The Bertz CT molecular complexity index is 1150. The van der Waals surface area contributed by atoms with E-state index in [-0.39, 0.29) is 18.2 Å². The van der Waals surface area contributed by atoms with Gasteiger partial charge >= 0.3 is 0 Å². The van der Waals surface area contributed by atoms with Crippen molar-refractivity contribution in [1.82, 2.24) is 10.2 Å². The number of methoxy groups -OCH3 is 1. The van der Waals surface area contributed by atoms with E-state index >= 15 is 0 Å². The van der Waals surface area contributed by atoms with Crippen LogP contribution in [0.2, 0.25) is 0 Å². The number of nitrogens with one attached hydrogen (secondary N) is 1. The van der Waals surface area contributed by atoms with Gasteiger partial charge in [0.15, 0.2) is 0 Å². The molecule has 6 nitrogen and oxygen atoms in total. The summed E-state index contributed by atoms with van der Waals surface area (Å²) in [7, 11) is 1.62. The van der Waals surface area contributed by atoms with Gasteiger partial charge in [-0.05, 0) is 54.7 Å². The summed E-state index contributed by atoms with van der Waals surface area (Å²) >= 11 is 0. The Kier molecular flexibility index (Phi) is 11.2. The van der Waals surface area contributed by atoms with Crippen molar-refractivity contribution in [3.8, 4) is 11.5 Å². The molecule has 0 saturated carbocycles. The molecule has 0 saturated heterocycles. The fraction of sp³-hybridized carbons (Fsp3) is 0.375. The van der Waals surface area contributed by atoms with Gasteiger partial charge in [-0.1, -0.05) is 74.0 Å². The molecule has 0 unspecified atom stereocenters. The molecule has 0 aliphatic heterocycles. The second kappa shape index (κ2) is 14.8. The van der Waals surface area contributed by atoms with Gasteiger partial charge in [0.05, 0.1) is 13.7 Å². The number of benzene rings is 3. The minimum absolute atomic E-state index is 0.0824. The number of rotatable bonds is 14. The molecule has 0 spiro atoms. The van der Waals surface area contributed by atoms with Crippen molar-refractivity contribution in [1.29, 1.82) is 0 Å². The van der Waals surface area contributed by atoms with Crippen molar-refractivity contribution in [2.45, 2.75) is 52.6 Å². The van der Waals surface area contributed by atoms with Gasteiger partial charge < -0.3 is 19.7 Å². The molecule has 0 aromatic heterocycles. The smallest absolute Gasteiger partial charge is 0.243 e. The first-order chi connectivity index (χ1) is 18.4. The van der Waals surface area contributed by atoms with E-state index in [0.717, 1.165) is 16.9 Å². The molecule has 0 heterocycles. The van der Waals surface area contributed by atoms with Crippen LogP contribution in [0.1, 0.15) is 43.4 Å². The van der Waals surface area contributed by atoms with Crippen LogP contribution in [0.15, 0.2) is 78.9 Å². The van der Waals surface area contributed by atoms with E-state index in [1.165, 1.54) is 5.56 Å². The van der Waals surface area contributed by atoms with E-state index in [9.17, 15) is 9.59 Å². The highest BCUT2D eigenvalue weighted by atomic mass is 16.5. The maximum Gasteiger partial charge on any atom is 0.243 e. The molecule has 38 heavy (non-hydrogen) atoms. The Morgan fingerprint density at radius 3 is 2.29 bits per heavy atom. The number of nitrogens with zero attached hydrogens (tertiary/aromatic N) is 1. The van der Waals surface area contributed by atoms with Gasteiger partial charge in [-0.15, -0.1) is 0 Å². The predicted molar refractivity (Wildman–Crippen MR) is 151 cm³/mol. The lowest BCUT2D eigenvalue weighted by molar-refractivity contribution is -0.141. The Balaban J connectivity index is 1.80. The molecule has 3 aromatic carbocycles. The van der Waals surface area contributed by atoms with Crippen LogP contribution in [0.3, 0.4) is 0 Å². The standard InChI is InChI=1S/C32H40N2O4/c1-24(2)22-33-32(36)30(21-26-10-6-5-7-11-26)34(23-27-12-8-13-29(20-27)37-4)31(35)14-9-19-38-28-17-15-25(3)16-18-28/h5-8,10-13,15-18,20,24,30H,9,14,19,21-23H2,1-4H3,(H,33,36)/t30-/m0/s1. The minimum atomic E-state index is -0.645. The number of amides is 2. The van der Waals surface area contributed by atoms with Gasteiger partial charge in [0.2, 0.25) is 11.8 Å². The average Bonchev–Trinajstić information content (AvgIpc) is 2.93. The Hall–Kier alpha value is -3.80. The van der Waals surface area contributed by atoms with Gasteiger partial charge in [0.1, 0.15) is 17.5 Å². The first-order valence-electron chi connectivity index (χ1n) is 13.3. The molecule has 1 atom stereocenters. The van der Waals surface area contributed by atoms with Gasteiger partial charge in [-0.25, -0.2) is 0 Å². The van der Waals surface area contributed by atoms with Crippen LogP contribution in [-0.2, 0) is 22.6 Å². The van der Waals surface area contributed by atoms with Crippen molar-refractivity contribution >= 4 is 11.8 Å². The molecule has 3 aromatic rings. The fourth-order valence-corrected chi connectivity index (χ4v) is 4.14. The average molecular weight is 517 g/mol. The molecule has 0 aliphatic rings. The van der Waals surface area contributed by atoms with E-state index in [1.54, 1.807) is 12.0 Å². The first kappa shape index (κ1) is 28.8. The van der Waals surface area contributed by atoms with Crippen molar-refractivity contribution < 1.29 is 19.1 Å². The maximum absolute atomic E-state index is 13.7. The van der Waals surface area contributed by atoms with E-state index < -0.39 is 6.04 Å². The molecular weight excluding hydrogens is 476 g/mol. The van der Waals surface area contributed by atoms with Crippen molar-refractivity contribution in [3.05, 3.63) is 95.6 Å². The summed E-state index contributed by atoms with van der Waals surface area (Å²) in [5.41, 5.74) is 3.08. The third kappa shape index (κ3) is 9.25. The molecule has 2 amide bonds. The van der Waals surface area contributed by atoms with E-state index in [1.807, 2.05) is 85.8 Å². The zero-order valence-corrected chi connectivity index (χ0v) is 23.0. The zero-order chi connectivity index (χ0) is 27.3. The van der Waals surface area contributed by atoms with Crippen molar-refractivity contribution in [2.75, 3.05) is 20.3 Å². The highest BCUT2D eigenvalue weighted by Crippen LogP contribution is 2.20. The third-order valence-electron chi connectivity index (χ3n) is 6.27. The summed E-state index contributed by atoms with van der Waals surface area (Å²) in [6.45, 7) is 7.42. The lowest BCUT2D eigenvalue weighted by Crippen LogP contribution is -2.51. The molecule has 0 bridgehead atoms. The van der Waals surface area contributed by atoms with Gasteiger partial charge in [-0.2, -0.15) is 0 Å². The highest BCUT2D eigenvalue weighted by molar-refractivity contribution is 5.88. The van der Waals surface area contributed by atoms with Gasteiger partial charge in [-0.3, -0.25) is 9.59 Å². The van der Waals surface area contributed by atoms with Crippen LogP contribution in [0.25, 0.3) is 0 Å².